The van der Waals surface area contributed by atoms with Gasteiger partial charge in [-0.1, -0.05) is 32.9 Å². The summed E-state index contributed by atoms with van der Waals surface area (Å²) < 4.78 is 5.92. The Bertz CT molecular complexity index is 1390. The Morgan fingerprint density at radius 3 is 2.07 bits per heavy atom. The number of benzene rings is 1. The zero-order chi connectivity index (χ0) is 32.3. The normalized spacial score (nSPS) is 15.7. The molecule has 10 nitrogen and oxygen atoms in total. The molecule has 2 aromatic heterocycles. The van der Waals surface area contributed by atoms with E-state index in [2.05, 4.69) is 28.2 Å². The topological polar surface area (TPSA) is 125 Å². The standard InChI is InChI=1S/C28H33N5O5.C2H6S.C2H6/c1-16-9-14-21(29-15-16)30-26(35)24-23(22-19(28(37)33(4)5)7-6-8-20(22)38-24)31-25(34)17-10-12-18(13-11-17)27(36)32(2)3;1-2-3;1-2/h6-9,14-15,17-18H,10-13H2,1-5H3,(H,31,34)(H,29,30,35);3H,2H2,1H3;1-2H3. The first kappa shape index (κ1) is 35.3. The molecule has 43 heavy (non-hydrogen) atoms. The third kappa shape index (κ3) is 9.06. The molecule has 4 rings (SSSR count). The molecule has 1 fully saturated rings. The van der Waals surface area contributed by atoms with Crippen molar-refractivity contribution in [2.45, 2.75) is 53.4 Å². The fraction of sp³-hybridized carbons (Fsp3) is 0.469. The van der Waals surface area contributed by atoms with E-state index in [1.54, 1.807) is 63.6 Å². The minimum Gasteiger partial charge on any atom is -0.449 e. The van der Waals surface area contributed by atoms with E-state index >= 15 is 0 Å². The average Bonchev–Trinajstić information content (AvgIpc) is 3.37. The lowest BCUT2D eigenvalue weighted by Gasteiger charge is -2.28. The molecule has 1 aromatic carbocycles. The van der Waals surface area contributed by atoms with Gasteiger partial charge in [-0.3, -0.25) is 19.2 Å². The Balaban J connectivity index is 0.00000121. The van der Waals surface area contributed by atoms with Gasteiger partial charge in [0.05, 0.1) is 10.9 Å². The molecule has 0 atom stereocenters. The van der Waals surface area contributed by atoms with Gasteiger partial charge < -0.3 is 24.9 Å². The largest absolute Gasteiger partial charge is 0.449 e. The van der Waals surface area contributed by atoms with Gasteiger partial charge in [0.1, 0.15) is 17.1 Å². The highest BCUT2D eigenvalue weighted by Gasteiger charge is 2.33. The van der Waals surface area contributed by atoms with Crippen LogP contribution in [0.15, 0.2) is 40.9 Å². The molecule has 0 saturated heterocycles. The predicted octanol–water partition coefficient (Wildman–Crippen LogP) is 5.89. The molecule has 0 aliphatic heterocycles. The Morgan fingerprint density at radius 1 is 0.930 bits per heavy atom. The second-order valence-corrected chi connectivity index (χ2v) is 11.1. The Morgan fingerprint density at radius 2 is 1.53 bits per heavy atom. The number of hydrogen-bond donors (Lipinski definition) is 3. The van der Waals surface area contributed by atoms with Crippen LogP contribution >= 0.6 is 12.6 Å². The van der Waals surface area contributed by atoms with E-state index in [9.17, 15) is 19.2 Å². The second kappa shape index (κ2) is 16.7. The number of hydrogen-bond acceptors (Lipinski definition) is 7. The number of anilines is 2. The van der Waals surface area contributed by atoms with Crippen LogP contribution in [0.3, 0.4) is 0 Å². The molecular weight excluding hydrogens is 566 g/mol. The molecule has 2 N–H and O–H groups in total. The van der Waals surface area contributed by atoms with Gasteiger partial charge in [0.25, 0.3) is 11.8 Å². The monoisotopic (exact) mass is 611 g/mol. The Hall–Kier alpha value is -3.86. The molecule has 234 valence electrons. The molecule has 0 spiro atoms. The summed E-state index contributed by atoms with van der Waals surface area (Å²) in [6, 6.07) is 8.44. The lowest BCUT2D eigenvalue weighted by atomic mass is 9.81. The molecule has 1 saturated carbocycles. The molecule has 1 aliphatic rings. The first-order valence-corrected chi connectivity index (χ1v) is 15.3. The van der Waals surface area contributed by atoms with Gasteiger partial charge in [0, 0.05) is 46.2 Å². The van der Waals surface area contributed by atoms with Crippen LogP contribution in [0.4, 0.5) is 11.5 Å². The number of carbonyl (C=O) groups excluding carboxylic acids is 4. The van der Waals surface area contributed by atoms with Crippen molar-refractivity contribution in [3.8, 4) is 0 Å². The van der Waals surface area contributed by atoms with Gasteiger partial charge in [0.15, 0.2) is 0 Å². The zero-order valence-corrected chi connectivity index (χ0v) is 27.4. The zero-order valence-electron chi connectivity index (χ0n) is 26.5. The van der Waals surface area contributed by atoms with Crippen LogP contribution in [0.5, 0.6) is 0 Å². The molecule has 11 heteroatoms. The summed E-state index contributed by atoms with van der Waals surface area (Å²) in [5.41, 5.74) is 1.69. The minimum absolute atomic E-state index is 0.0696. The lowest BCUT2D eigenvalue weighted by molar-refractivity contribution is -0.135. The van der Waals surface area contributed by atoms with Crippen molar-refractivity contribution in [3.63, 3.8) is 0 Å². The minimum atomic E-state index is -0.601. The van der Waals surface area contributed by atoms with Gasteiger partial charge in [-0.15, -0.1) is 0 Å². The van der Waals surface area contributed by atoms with Crippen molar-refractivity contribution in [3.05, 3.63) is 53.4 Å². The van der Waals surface area contributed by atoms with Crippen molar-refractivity contribution in [1.29, 1.82) is 0 Å². The quantitative estimate of drug-likeness (QED) is 0.299. The molecule has 4 amide bonds. The third-order valence-electron chi connectivity index (χ3n) is 6.85. The Labute approximate surface area is 260 Å². The van der Waals surface area contributed by atoms with Crippen molar-refractivity contribution in [1.82, 2.24) is 14.8 Å². The maximum atomic E-state index is 13.4. The summed E-state index contributed by atoms with van der Waals surface area (Å²) in [4.78, 5) is 59.3. The van der Waals surface area contributed by atoms with E-state index in [0.717, 1.165) is 11.3 Å². The number of thiol groups is 1. The van der Waals surface area contributed by atoms with Crippen molar-refractivity contribution in [2.75, 3.05) is 44.6 Å². The van der Waals surface area contributed by atoms with E-state index in [0.29, 0.717) is 48.0 Å². The van der Waals surface area contributed by atoms with Crippen LogP contribution in [-0.4, -0.2) is 72.4 Å². The lowest BCUT2D eigenvalue weighted by Crippen LogP contribution is -2.35. The maximum absolute atomic E-state index is 13.4. The van der Waals surface area contributed by atoms with Crippen LogP contribution in [0.2, 0.25) is 0 Å². The molecule has 1 aliphatic carbocycles. The highest BCUT2D eigenvalue weighted by molar-refractivity contribution is 7.80. The fourth-order valence-electron chi connectivity index (χ4n) is 4.75. The first-order chi connectivity index (χ1) is 20.5. The van der Waals surface area contributed by atoms with E-state index in [1.807, 2.05) is 33.8 Å². The number of amides is 4. The first-order valence-electron chi connectivity index (χ1n) is 14.6. The highest BCUT2D eigenvalue weighted by atomic mass is 32.1. The number of fused-ring (bicyclic) bond motifs is 1. The summed E-state index contributed by atoms with van der Waals surface area (Å²) in [5.74, 6) is -0.386. The average molecular weight is 612 g/mol. The van der Waals surface area contributed by atoms with E-state index in [1.165, 1.54) is 4.90 Å². The summed E-state index contributed by atoms with van der Waals surface area (Å²) in [7, 11) is 6.72. The van der Waals surface area contributed by atoms with Gasteiger partial charge >= 0.3 is 0 Å². The van der Waals surface area contributed by atoms with Crippen LogP contribution in [0.1, 0.15) is 72.9 Å². The van der Waals surface area contributed by atoms with Gasteiger partial charge in [0.2, 0.25) is 17.6 Å². The van der Waals surface area contributed by atoms with E-state index in [4.69, 9.17) is 4.42 Å². The number of rotatable bonds is 6. The summed E-state index contributed by atoms with van der Waals surface area (Å²) in [6.07, 6.45) is 3.94. The van der Waals surface area contributed by atoms with Gasteiger partial charge in [-0.05, 0) is 62.1 Å². The molecule has 3 aromatic rings. The molecular formula is C32H45N5O5S. The van der Waals surface area contributed by atoms with Crippen LogP contribution in [0, 0.1) is 18.8 Å². The number of nitrogens with one attached hydrogen (secondary N) is 2. The van der Waals surface area contributed by atoms with Gasteiger partial charge in [-0.2, -0.15) is 12.6 Å². The van der Waals surface area contributed by atoms with E-state index in [-0.39, 0.29) is 41.0 Å². The number of pyridine rings is 1. The van der Waals surface area contributed by atoms with Crippen molar-refractivity contribution < 1.29 is 23.6 Å². The molecule has 0 bridgehead atoms. The predicted molar refractivity (Wildman–Crippen MR) is 175 cm³/mol. The third-order valence-corrected chi connectivity index (χ3v) is 6.85. The fourth-order valence-corrected chi connectivity index (χ4v) is 4.75. The SMILES string of the molecule is CC.CCS.Cc1ccc(NC(=O)c2oc3cccc(C(=O)N(C)C)c3c2NC(=O)C2CCC(C(=O)N(C)C)CC2)nc1. The van der Waals surface area contributed by atoms with E-state index < -0.39 is 5.91 Å². The molecule has 2 heterocycles. The number of aromatic nitrogens is 1. The summed E-state index contributed by atoms with van der Waals surface area (Å²) in [6.45, 7) is 7.88. The summed E-state index contributed by atoms with van der Waals surface area (Å²) >= 11 is 3.79. The van der Waals surface area contributed by atoms with Crippen LogP contribution in [0.25, 0.3) is 11.0 Å². The number of aryl methyl sites for hydroxylation is 1. The molecule has 0 radical (unpaired) electrons. The molecule has 0 unspecified atom stereocenters. The van der Waals surface area contributed by atoms with Crippen molar-refractivity contribution >= 4 is 58.7 Å². The summed E-state index contributed by atoms with van der Waals surface area (Å²) in [5, 5.41) is 5.97. The smallest absolute Gasteiger partial charge is 0.294 e. The maximum Gasteiger partial charge on any atom is 0.294 e. The van der Waals surface area contributed by atoms with Crippen molar-refractivity contribution in [2.24, 2.45) is 11.8 Å². The Kier molecular flexibility index (Phi) is 13.7. The number of furan rings is 1. The van der Waals surface area contributed by atoms with Crippen LogP contribution < -0.4 is 10.6 Å². The van der Waals surface area contributed by atoms with Crippen LogP contribution in [-0.2, 0) is 9.59 Å². The van der Waals surface area contributed by atoms with Gasteiger partial charge in [-0.25, -0.2) is 4.98 Å². The second-order valence-electron chi connectivity index (χ2n) is 10.4. The number of carbonyl (C=O) groups is 4. The highest BCUT2D eigenvalue weighted by Crippen LogP contribution is 2.37. The number of nitrogens with zero attached hydrogens (tertiary/aromatic N) is 3.